The van der Waals surface area contributed by atoms with Crippen LogP contribution in [0.3, 0.4) is 0 Å². The number of nitrogens with zero attached hydrogens (tertiary/aromatic N) is 2. The normalized spacial score (nSPS) is 12.6. The molecular weight excluding hydrogens is 949 g/mol. The molecule has 78 heavy (non-hydrogen) atoms. The van der Waals surface area contributed by atoms with Crippen molar-refractivity contribution in [3.8, 4) is 44.5 Å². The van der Waals surface area contributed by atoms with Crippen LogP contribution in [0.1, 0.15) is 0 Å². The van der Waals surface area contributed by atoms with E-state index >= 15 is 0 Å². The van der Waals surface area contributed by atoms with Crippen molar-refractivity contribution in [2.45, 2.75) is 0 Å². The van der Waals surface area contributed by atoms with Crippen LogP contribution in [0.5, 0.6) is 0 Å². The summed E-state index contributed by atoms with van der Waals surface area (Å²) in [5.74, 6) is 0. The van der Waals surface area contributed by atoms with Crippen molar-refractivity contribution in [2.75, 3.05) is 0 Å². The summed E-state index contributed by atoms with van der Waals surface area (Å²) in [6.45, 7) is 0. The van der Waals surface area contributed by atoms with Gasteiger partial charge < -0.3 is 17.6 Å². The molecule has 4 nitrogen and oxygen atoms in total. The highest BCUT2D eigenvalue weighted by Crippen LogP contribution is 2.56. The molecule has 0 atom stereocenters. The molecule has 4 heteroatoms. The molecule has 0 amide bonds. The van der Waals surface area contributed by atoms with Crippen molar-refractivity contribution < 1.29 is 8.83 Å². The van der Waals surface area contributed by atoms with Crippen LogP contribution in [-0.2, 0) is 0 Å². The third kappa shape index (κ3) is 5.19. The first-order valence-electron chi connectivity index (χ1n) is 26.9. The number of rotatable bonds is 4. The Morgan fingerprint density at radius 1 is 0.231 bits per heavy atom. The molecule has 0 aliphatic heterocycles. The van der Waals surface area contributed by atoms with Crippen LogP contribution in [0.15, 0.2) is 251 Å². The molecule has 19 rings (SSSR count). The predicted molar refractivity (Wildman–Crippen MR) is 327 cm³/mol. The highest BCUT2D eigenvalue weighted by atomic mass is 16.3. The predicted octanol–water partition coefficient (Wildman–Crippen LogP) is 20.8. The Labute approximate surface area is 444 Å². The number of fused-ring (bicyclic) bond motifs is 20. The molecule has 358 valence electrons. The van der Waals surface area contributed by atoms with E-state index in [0.29, 0.717) is 0 Å². The van der Waals surface area contributed by atoms with Crippen LogP contribution >= 0.6 is 0 Å². The molecule has 0 aliphatic rings. The van der Waals surface area contributed by atoms with Crippen LogP contribution in [0, 0.1) is 0 Å². The summed E-state index contributed by atoms with van der Waals surface area (Å²) in [6, 6.07) is 89.6. The van der Waals surface area contributed by atoms with Crippen LogP contribution in [0.4, 0.5) is 0 Å². The van der Waals surface area contributed by atoms with E-state index in [1.165, 1.54) is 131 Å². The summed E-state index contributed by atoms with van der Waals surface area (Å²) in [7, 11) is 0. The van der Waals surface area contributed by atoms with Crippen LogP contribution in [-0.4, -0.2) is 8.80 Å². The van der Waals surface area contributed by atoms with Crippen molar-refractivity contribution in [2.24, 2.45) is 0 Å². The Morgan fingerprint density at radius 3 is 1.06 bits per heavy atom. The lowest BCUT2D eigenvalue weighted by Gasteiger charge is -2.16. The van der Waals surface area contributed by atoms with Gasteiger partial charge in [0.25, 0.3) is 0 Å². The molecule has 6 heterocycles. The van der Waals surface area contributed by atoms with E-state index in [1.54, 1.807) is 0 Å². The molecule has 0 aliphatic carbocycles. The minimum Gasteiger partial charge on any atom is -0.456 e. The number of benzene rings is 13. The topological polar surface area (TPSA) is 35.1 Å². The standard InChI is InChI=1S/C74H40N2O2/c1-3-15-41(16-4-1)65-69-53-31-29-49(47-27-33-61-55(37-47)57-35-43-19-7-9-21-45(43)39-63(57)77-61)67-52-24-12-14-26-60(52)76(71(53)67)74(69)66(42-17-5-2-6-18-42)70-54-32-30-50(68-51-23-11-13-25-59(51)75(72(54)68)73(65)70)48-28-34-62-56(38-48)58-36-44-20-8-10-22-46(44)40-64(58)78-62/h1-40H. The fourth-order valence-corrected chi connectivity index (χ4v) is 14.3. The van der Waals surface area contributed by atoms with Crippen LogP contribution in [0.2, 0.25) is 0 Å². The zero-order valence-corrected chi connectivity index (χ0v) is 41.8. The molecule has 0 spiro atoms. The summed E-state index contributed by atoms with van der Waals surface area (Å²) < 4.78 is 18.4. The van der Waals surface area contributed by atoms with Crippen molar-refractivity contribution in [1.82, 2.24) is 8.80 Å². The maximum Gasteiger partial charge on any atom is 0.136 e. The fourth-order valence-electron chi connectivity index (χ4n) is 14.3. The second kappa shape index (κ2) is 14.7. The van der Waals surface area contributed by atoms with E-state index in [2.05, 4.69) is 251 Å². The molecule has 0 bridgehead atoms. The Balaban J connectivity index is 0.965. The van der Waals surface area contributed by atoms with E-state index in [4.69, 9.17) is 8.83 Å². The Bertz CT molecular complexity index is 5430. The number of para-hydroxylation sites is 2. The Kier molecular flexibility index (Phi) is 7.71. The largest absolute Gasteiger partial charge is 0.456 e. The van der Waals surface area contributed by atoms with Gasteiger partial charge in [0.2, 0.25) is 0 Å². The lowest BCUT2D eigenvalue weighted by Crippen LogP contribution is -1.93. The molecule has 0 N–H and O–H groups in total. The maximum absolute atomic E-state index is 6.56. The van der Waals surface area contributed by atoms with E-state index in [0.717, 1.165) is 55.0 Å². The van der Waals surface area contributed by atoms with Crippen molar-refractivity contribution in [3.05, 3.63) is 243 Å². The number of aromatic nitrogens is 2. The molecular formula is C74H40N2O2. The second-order valence-electron chi connectivity index (χ2n) is 21.4. The SMILES string of the molecule is c1ccc(-c2c3c4ccc(-c5ccc6oc7cc8ccccc8cc7c6c5)c5c6ccccc6n(c3c(-c3ccccc3)c3c6ccc(-c7ccc8oc9cc%10ccccc%10cc9c8c7)c7c8ccccc8n(c23)c67)c45)cc1. The van der Waals surface area contributed by atoms with Crippen LogP contribution in [0.25, 0.3) is 186 Å². The van der Waals surface area contributed by atoms with Gasteiger partial charge in [0, 0.05) is 75.8 Å². The average Bonchev–Trinajstić information content (AvgIpc) is 3.39. The average molecular weight is 989 g/mol. The summed E-state index contributed by atoms with van der Waals surface area (Å²) in [4.78, 5) is 0. The molecule has 0 unspecified atom stereocenters. The van der Waals surface area contributed by atoms with Crippen molar-refractivity contribution in [1.29, 1.82) is 0 Å². The summed E-state index contributed by atoms with van der Waals surface area (Å²) >= 11 is 0. The van der Waals surface area contributed by atoms with E-state index in [1.807, 2.05) is 0 Å². The van der Waals surface area contributed by atoms with Gasteiger partial charge in [0.1, 0.15) is 22.3 Å². The fraction of sp³-hybridized carbons (Fsp3) is 0. The first kappa shape index (κ1) is 40.9. The lowest BCUT2D eigenvalue weighted by atomic mass is 9.88. The first-order valence-corrected chi connectivity index (χ1v) is 26.9. The van der Waals surface area contributed by atoms with Crippen molar-refractivity contribution >= 4 is 142 Å². The zero-order valence-electron chi connectivity index (χ0n) is 41.8. The Hall–Kier alpha value is -10.4. The first-order chi connectivity index (χ1) is 38.7. The molecule has 0 fully saturated rings. The van der Waals surface area contributed by atoms with Gasteiger partial charge in [0.15, 0.2) is 0 Å². The monoisotopic (exact) mass is 988 g/mol. The highest BCUT2D eigenvalue weighted by Gasteiger charge is 2.32. The van der Waals surface area contributed by atoms with Gasteiger partial charge >= 0.3 is 0 Å². The lowest BCUT2D eigenvalue weighted by molar-refractivity contribution is 0.669. The maximum atomic E-state index is 6.56. The number of hydrogen-bond acceptors (Lipinski definition) is 2. The Morgan fingerprint density at radius 2 is 0.615 bits per heavy atom. The smallest absolute Gasteiger partial charge is 0.136 e. The van der Waals surface area contributed by atoms with Gasteiger partial charge in [-0.05, 0) is 116 Å². The van der Waals surface area contributed by atoms with Gasteiger partial charge in [-0.3, -0.25) is 0 Å². The third-order valence-electron chi connectivity index (χ3n) is 17.5. The summed E-state index contributed by atoms with van der Waals surface area (Å²) in [6.07, 6.45) is 0. The van der Waals surface area contributed by atoms with E-state index in [-0.39, 0.29) is 0 Å². The van der Waals surface area contributed by atoms with Gasteiger partial charge in [-0.15, -0.1) is 0 Å². The summed E-state index contributed by atoms with van der Waals surface area (Å²) in [5, 5.41) is 19.2. The highest BCUT2D eigenvalue weighted by molar-refractivity contribution is 6.39. The van der Waals surface area contributed by atoms with Crippen LogP contribution < -0.4 is 0 Å². The minimum atomic E-state index is 0.895. The van der Waals surface area contributed by atoms with Gasteiger partial charge in [-0.1, -0.05) is 182 Å². The van der Waals surface area contributed by atoms with Gasteiger partial charge in [-0.25, -0.2) is 0 Å². The third-order valence-corrected chi connectivity index (χ3v) is 17.5. The summed E-state index contributed by atoms with van der Waals surface area (Å²) in [5.41, 5.74) is 20.5. The number of hydrogen-bond donors (Lipinski definition) is 0. The van der Waals surface area contributed by atoms with E-state index in [9.17, 15) is 0 Å². The molecule has 19 aromatic rings. The molecule has 0 radical (unpaired) electrons. The number of furan rings is 2. The molecule has 0 saturated carbocycles. The quantitative estimate of drug-likeness (QED) is 0.176. The molecule has 6 aromatic heterocycles. The molecule has 0 saturated heterocycles. The van der Waals surface area contributed by atoms with Gasteiger partial charge in [0.05, 0.1) is 33.1 Å². The second-order valence-corrected chi connectivity index (χ2v) is 21.4. The molecule has 13 aromatic carbocycles. The minimum absolute atomic E-state index is 0.895. The van der Waals surface area contributed by atoms with E-state index < -0.39 is 0 Å². The van der Waals surface area contributed by atoms with Gasteiger partial charge in [-0.2, -0.15) is 0 Å². The zero-order chi connectivity index (χ0) is 50.5. The van der Waals surface area contributed by atoms with Crippen molar-refractivity contribution in [3.63, 3.8) is 0 Å².